The maximum Gasteiger partial charge on any atom is 0.183 e. The Bertz CT molecular complexity index is 702. The summed E-state index contributed by atoms with van der Waals surface area (Å²) >= 11 is 1.57. The highest BCUT2D eigenvalue weighted by molar-refractivity contribution is 7.14. The Labute approximate surface area is 115 Å². The average Bonchev–Trinajstić information content (AvgIpc) is 3.01. The Kier molecular flexibility index (Phi) is 3.31. The number of nitrogens with one attached hydrogen (secondary N) is 1. The summed E-state index contributed by atoms with van der Waals surface area (Å²) < 4.78 is 5.81. The molecule has 4 nitrogen and oxygen atoms in total. The van der Waals surface area contributed by atoms with Crippen LogP contribution in [0.2, 0.25) is 0 Å². The second-order valence-electron chi connectivity index (χ2n) is 4.43. The molecule has 0 spiro atoms. The molecule has 1 aromatic carbocycles. The minimum Gasteiger partial charge on any atom is -0.453 e. The van der Waals surface area contributed by atoms with Crippen LogP contribution in [0.25, 0.3) is 21.7 Å². The fourth-order valence-corrected chi connectivity index (χ4v) is 2.69. The second kappa shape index (κ2) is 5.11. The number of nitrogens with zero attached hydrogens (tertiary/aromatic N) is 2. The highest BCUT2D eigenvalue weighted by Gasteiger charge is 2.11. The molecule has 0 amide bonds. The summed E-state index contributed by atoms with van der Waals surface area (Å²) in [6.45, 7) is 5.83. The van der Waals surface area contributed by atoms with E-state index in [0.29, 0.717) is 0 Å². The molecule has 0 aliphatic carbocycles. The summed E-state index contributed by atoms with van der Waals surface area (Å²) in [7, 11) is 0. The van der Waals surface area contributed by atoms with Crippen molar-refractivity contribution in [2.75, 3.05) is 6.54 Å². The van der Waals surface area contributed by atoms with Gasteiger partial charge in [0.2, 0.25) is 0 Å². The van der Waals surface area contributed by atoms with E-state index in [0.717, 1.165) is 39.8 Å². The second-order valence-corrected chi connectivity index (χ2v) is 5.50. The van der Waals surface area contributed by atoms with Gasteiger partial charge >= 0.3 is 0 Å². The van der Waals surface area contributed by atoms with E-state index in [9.17, 15) is 0 Å². The van der Waals surface area contributed by atoms with Crippen molar-refractivity contribution in [2.45, 2.75) is 20.4 Å². The lowest BCUT2D eigenvalue weighted by Crippen LogP contribution is -2.11. The molecule has 98 valence electrons. The third-order valence-corrected chi connectivity index (χ3v) is 3.81. The van der Waals surface area contributed by atoms with Gasteiger partial charge in [0.25, 0.3) is 0 Å². The number of hydrogen-bond acceptors (Lipinski definition) is 5. The van der Waals surface area contributed by atoms with Gasteiger partial charge in [-0.1, -0.05) is 29.9 Å². The maximum absolute atomic E-state index is 5.81. The quantitative estimate of drug-likeness (QED) is 0.792. The standard InChI is InChI=1S/C14H15N3OS/c1-3-15-8-13-16-17-14(19-13)12-7-10-6-9(2)4-5-11(10)18-12/h4-7,15H,3,8H2,1-2H3. The van der Waals surface area contributed by atoms with E-state index in [2.05, 4.69) is 35.4 Å². The molecule has 1 N–H and O–H groups in total. The van der Waals surface area contributed by atoms with E-state index in [1.807, 2.05) is 18.2 Å². The third kappa shape index (κ3) is 2.52. The van der Waals surface area contributed by atoms with Gasteiger partial charge in [0.05, 0.1) is 0 Å². The zero-order valence-corrected chi connectivity index (χ0v) is 11.8. The number of benzene rings is 1. The summed E-state index contributed by atoms with van der Waals surface area (Å²) in [4.78, 5) is 0. The zero-order valence-electron chi connectivity index (χ0n) is 10.9. The number of furan rings is 1. The van der Waals surface area contributed by atoms with Crippen molar-refractivity contribution in [3.8, 4) is 10.8 Å². The number of aromatic nitrogens is 2. The predicted octanol–water partition coefficient (Wildman–Crippen LogP) is 3.37. The Morgan fingerprint density at radius 3 is 3.00 bits per heavy atom. The third-order valence-electron chi connectivity index (χ3n) is 2.88. The summed E-state index contributed by atoms with van der Waals surface area (Å²) in [5.41, 5.74) is 2.12. The van der Waals surface area contributed by atoms with Crippen LogP contribution in [0.15, 0.2) is 28.7 Å². The molecule has 5 heteroatoms. The first-order valence-corrected chi connectivity index (χ1v) is 7.11. The van der Waals surface area contributed by atoms with Gasteiger partial charge in [0.15, 0.2) is 10.8 Å². The van der Waals surface area contributed by atoms with Crippen molar-refractivity contribution in [1.82, 2.24) is 15.5 Å². The molecule has 3 aromatic rings. The largest absolute Gasteiger partial charge is 0.453 e. The van der Waals surface area contributed by atoms with Crippen LogP contribution in [0.4, 0.5) is 0 Å². The summed E-state index contributed by atoms with van der Waals surface area (Å²) in [6, 6.07) is 8.18. The molecule has 3 rings (SSSR count). The van der Waals surface area contributed by atoms with Gasteiger partial charge in [0, 0.05) is 11.9 Å². The lowest BCUT2D eigenvalue weighted by Gasteiger charge is -1.93. The molecule has 2 heterocycles. The number of aryl methyl sites for hydroxylation is 1. The topological polar surface area (TPSA) is 51.0 Å². The number of fused-ring (bicyclic) bond motifs is 1. The van der Waals surface area contributed by atoms with Crippen LogP contribution in [-0.2, 0) is 6.54 Å². The fraction of sp³-hybridized carbons (Fsp3) is 0.286. The van der Waals surface area contributed by atoms with E-state index >= 15 is 0 Å². The van der Waals surface area contributed by atoms with Crippen LogP contribution >= 0.6 is 11.3 Å². The smallest absolute Gasteiger partial charge is 0.183 e. The zero-order chi connectivity index (χ0) is 13.2. The van der Waals surface area contributed by atoms with Crippen molar-refractivity contribution in [1.29, 1.82) is 0 Å². The molecule has 0 aliphatic heterocycles. The molecule has 0 fully saturated rings. The Hall–Kier alpha value is -1.72. The highest BCUT2D eigenvalue weighted by atomic mass is 32.1. The molecule has 0 aliphatic rings. The van der Waals surface area contributed by atoms with Gasteiger partial charge in [-0.05, 0) is 31.7 Å². The average molecular weight is 273 g/mol. The van der Waals surface area contributed by atoms with Crippen LogP contribution in [-0.4, -0.2) is 16.7 Å². The molecule has 0 unspecified atom stereocenters. The fourth-order valence-electron chi connectivity index (χ4n) is 1.92. The summed E-state index contributed by atoms with van der Waals surface area (Å²) in [5.74, 6) is 0.792. The summed E-state index contributed by atoms with van der Waals surface area (Å²) in [5, 5.41) is 14.5. The van der Waals surface area contributed by atoms with Crippen LogP contribution in [0, 0.1) is 6.92 Å². The van der Waals surface area contributed by atoms with Crippen molar-refractivity contribution in [3.63, 3.8) is 0 Å². The van der Waals surface area contributed by atoms with Crippen LogP contribution in [0.3, 0.4) is 0 Å². The molecular weight excluding hydrogens is 258 g/mol. The number of hydrogen-bond donors (Lipinski definition) is 1. The molecular formula is C14H15N3OS. The normalized spacial score (nSPS) is 11.3. The summed E-state index contributed by atoms with van der Waals surface area (Å²) in [6.07, 6.45) is 0. The van der Waals surface area contributed by atoms with Gasteiger partial charge in [0.1, 0.15) is 10.6 Å². The Balaban J connectivity index is 1.92. The van der Waals surface area contributed by atoms with E-state index in [4.69, 9.17) is 4.42 Å². The van der Waals surface area contributed by atoms with Gasteiger partial charge in [-0.3, -0.25) is 0 Å². The first kappa shape index (κ1) is 12.3. The minimum atomic E-state index is 0.757. The molecule has 19 heavy (non-hydrogen) atoms. The van der Waals surface area contributed by atoms with Crippen molar-refractivity contribution >= 4 is 22.3 Å². The van der Waals surface area contributed by atoms with E-state index in [1.54, 1.807) is 11.3 Å². The van der Waals surface area contributed by atoms with Crippen molar-refractivity contribution in [3.05, 3.63) is 34.8 Å². The van der Waals surface area contributed by atoms with Crippen LogP contribution in [0.5, 0.6) is 0 Å². The molecule has 0 bridgehead atoms. The lowest BCUT2D eigenvalue weighted by molar-refractivity contribution is 0.629. The molecule has 0 atom stereocenters. The minimum absolute atomic E-state index is 0.757. The molecule has 0 saturated heterocycles. The number of rotatable bonds is 4. The first-order valence-electron chi connectivity index (χ1n) is 6.30. The van der Waals surface area contributed by atoms with Crippen LogP contribution in [0.1, 0.15) is 17.5 Å². The first-order chi connectivity index (χ1) is 9.26. The predicted molar refractivity (Wildman–Crippen MR) is 77.2 cm³/mol. The molecule has 0 saturated carbocycles. The van der Waals surface area contributed by atoms with Gasteiger partial charge < -0.3 is 9.73 Å². The van der Waals surface area contributed by atoms with Crippen molar-refractivity contribution in [2.24, 2.45) is 0 Å². The van der Waals surface area contributed by atoms with E-state index < -0.39 is 0 Å². The maximum atomic E-state index is 5.81. The van der Waals surface area contributed by atoms with Gasteiger partial charge in [-0.15, -0.1) is 10.2 Å². The van der Waals surface area contributed by atoms with Crippen molar-refractivity contribution < 1.29 is 4.42 Å². The highest BCUT2D eigenvalue weighted by Crippen LogP contribution is 2.30. The van der Waals surface area contributed by atoms with E-state index in [-0.39, 0.29) is 0 Å². The lowest BCUT2D eigenvalue weighted by atomic mass is 10.2. The monoisotopic (exact) mass is 273 g/mol. The van der Waals surface area contributed by atoms with E-state index in [1.165, 1.54) is 5.56 Å². The molecule has 2 aromatic heterocycles. The Morgan fingerprint density at radius 1 is 1.26 bits per heavy atom. The van der Waals surface area contributed by atoms with Gasteiger partial charge in [-0.2, -0.15) is 0 Å². The Morgan fingerprint density at radius 2 is 2.16 bits per heavy atom. The SMILES string of the molecule is CCNCc1nnc(-c2cc3cc(C)ccc3o2)s1. The van der Waals surface area contributed by atoms with Gasteiger partial charge in [-0.25, -0.2) is 0 Å². The van der Waals surface area contributed by atoms with Crippen LogP contribution < -0.4 is 5.32 Å². The molecule has 0 radical (unpaired) electrons.